The quantitative estimate of drug-likeness (QED) is 0.339. The summed E-state index contributed by atoms with van der Waals surface area (Å²) in [7, 11) is 0. The van der Waals surface area contributed by atoms with Gasteiger partial charge in [0.05, 0.1) is 0 Å². The third-order valence-electron chi connectivity index (χ3n) is 2.85. The molecule has 0 saturated heterocycles. The van der Waals surface area contributed by atoms with E-state index in [0.717, 1.165) is 25.9 Å². The van der Waals surface area contributed by atoms with Crippen LogP contribution in [-0.4, -0.2) is 25.8 Å². The van der Waals surface area contributed by atoms with Gasteiger partial charge in [0.2, 0.25) is 0 Å². The van der Waals surface area contributed by atoms with E-state index >= 15 is 0 Å². The normalized spacial score (nSPS) is 24.3. The molecule has 1 rings (SSSR count). The Morgan fingerprint density at radius 2 is 2.00 bits per heavy atom. The number of nitrogens with two attached hydrogens (primary N) is 1. The van der Waals surface area contributed by atoms with Gasteiger partial charge in [-0.2, -0.15) is 0 Å². The molecule has 0 radical (unpaired) electrons. The number of halogens is 1. The molecule has 1 aliphatic rings. The van der Waals surface area contributed by atoms with Crippen molar-refractivity contribution >= 4 is 12.4 Å². The average Bonchev–Trinajstić information content (AvgIpc) is 2.26. The molecule has 0 heterocycles. The first-order chi connectivity index (χ1) is 7.33. The first kappa shape index (κ1) is 15.5. The topological polar surface area (TPSA) is 84.0 Å². The smallest absolute Gasteiger partial charge is 0.0494 e. The molecule has 16 heavy (non-hydrogen) atoms. The zero-order valence-electron chi connectivity index (χ0n) is 9.55. The molecule has 0 aromatic rings. The van der Waals surface area contributed by atoms with E-state index < -0.39 is 0 Å². The van der Waals surface area contributed by atoms with Gasteiger partial charge in [-0.15, -0.1) is 12.4 Å². The van der Waals surface area contributed by atoms with Crippen LogP contribution < -0.4 is 5.73 Å². The molecule has 0 aliphatic heterocycles. The van der Waals surface area contributed by atoms with Crippen molar-refractivity contribution in [2.45, 2.75) is 38.1 Å². The molecule has 1 fully saturated rings. The third kappa shape index (κ3) is 6.90. The Labute approximate surface area is 103 Å². The highest BCUT2D eigenvalue weighted by molar-refractivity contribution is 5.85. The van der Waals surface area contributed by atoms with E-state index in [2.05, 4.69) is 10.0 Å². The minimum absolute atomic E-state index is 0. The van der Waals surface area contributed by atoms with E-state index in [0.29, 0.717) is 25.1 Å². The monoisotopic (exact) mass is 248 g/mol. The molecule has 5 nitrogen and oxygen atoms in total. The minimum Gasteiger partial charge on any atom is -0.381 e. The molecule has 94 valence electrons. The predicted octanol–water partition coefficient (Wildman–Crippen LogP) is 2.64. The summed E-state index contributed by atoms with van der Waals surface area (Å²) < 4.78 is 5.53. The summed E-state index contributed by atoms with van der Waals surface area (Å²) in [4.78, 5) is 2.69. The summed E-state index contributed by atoms with van der Waals surface area (Å²) >= 11 is 0. The second-order valence-corrected chi connectivity index (χ2v) is 4.16. The highest BCUT2D eigenvalue weighted by Gasteiger charge is 2.18. The largest absolute Gasteiger partial charge is 0.381 e. The molecule has 0 atom stereocenters. The van der Waals surface area contributed by atoms with Crippen LogP contribution in [0, 0.1) is 5.92 Å². The number of hydrogen-bond acceptors (Lipinski definition) is 3. The van der Waals surface area contributed by atoms with E-state index in [1.807, 2.05) is 0 Å². The summed E-state index contributed by atoms with van der Waals surface area (Å²) in [5, 5.41) is 3.45. The van der Waals surface area contributed by atoms with Gasteiger partial charge < -0.3 is 10.5 Å². The Hall–Kier alpha value is -0.480. The average molecular weight is 249 g/mol. The molecule has 0 bridgehead atoms. The Morgan fingerprint density at radius 3 is 2.62 bits per heavy atom. The Bertz CT molecular complexity index is 213. The van der Waals surface area contributed by atoms with Crippen molar-refractivity contribution in [3.63, 3.8) is 0 Å². The van der Waals surface area contributed by atoms with Crippen LogP contribution in [0.3, 0.4) is 0 Å². The number of azide groups is 1. The predicted molar refractivity (Wildman–Crippen MR) is 66.6 cm³/mol. The molecule has 0 unspecified atom stereocenters. The third-order valence-corrected chi connectivity index (χ3v) is 2.85. The summed E-state index contributed by atoms with van der Waals surface area (Å²) in [6.07, 6.45) is 5.46. The second-order valence-electron chi connectivity index (χ2n) is 4.16. The molecule has 6 heteroatoms. The van der Waals surface area contributed by atoms with Crippen molar-refractivity contribution in [2.24, 2.45) is 16.8 Å². The van der Waals surface area contributed by atoms with Crippen molar-refractivity contribution in [2.75, 3.05) is 19.8 Å². The fraction of sp³-hybridized carbons (Fsp3) is 1.00. The van der Waals surface area contributed by atoms with Crippen molar-refractivity contribution in [3.8, 4) is 0 Å². The van der Waals surface area contributed by atoms with Gasteiger partial charge in [-0.3, -0.25) is 0 Å². The molecule has 2 N–H and O–H groups in total. The van der Waals surface area contributed by atoms with Gasteiger partial charge in [0.1, 0.15) is 0 Å². The van der Waals surface area contributed by atoms with E-state index in [9.17, 15) is 0 Å². The lowest BCUT2D eigenvalue weighted by molar-refractivity contribution is 0.0824. The van der Waals surface area contributed by atoms with Gasteiger partial charge in [-0.25, -0.2) is 0 Å². The van der Waals surface area contributed by atoms with Crippen LogP contribution in [0.15, 0.2) is 5.11 Å². The molecular formula is C10H21ClN4O. The van der Waals surface area contributed by atoms with Crippen molar-refractivity contribution < 1.29 is 4.74 Å². The van der Waals surface area contributed by atoms with Crippen LogP contribution in [0.2, 0.25) is 0 Å². The second kappa shape index (κ2) is 9.73. The van der Waals surface area contributed by atoms with Crippen LogP contribution in [0.4, 0.5) is 0 Å². The highest BCUT2D eigenvalue weighted by Crippen LogP contribution is 2.23. The van der Waals surface area contributed by atoms with Gasteiger partial charge in [-0.05, 0) is 43.6 Å². The Kier molecular flexibility index (Phi) is 9.43. The minimum atomic E-state index is 0. The molecule has 0 amide bonds. The number of ether oxygens (including phenoxy) is 1. The van der Waals surface area contributed by atoms with Gasteiger partial charge in [0.15, 0.2) is 0 Å². The lowest BCUT2D eigenvalue weighted by Gasteiger charge is -2.25. The molecule has 0 spiro atoms. The lowest BCUT2D eigenvalue weighted by Crippen LogP contribution is -2.28. The van der Waals surface area contributed by atoms with Gasteiger partial charge >= 0.3 is 0 Å². The summed E-state index contributed by atoms with van der Waals surface area (Å²) in [5.74, 6) is 0.685. The van der Waals surface area contributed by atoms with Crippen molar-refractivity contribution in [1.29, 1.82) is 0 Å². The molecule has 0 aromatic heterocycles. The van der Waals surface area contributed by atoms with E-state index in [1.165, 1.54) is 12.8 Å². The van der Waals surface area contributed by atoms with Crippen LogP contribution in [0.5, 0.6) is 0 Å². The first-order valence-electron chi connectivity index (χ1n) is 5.67. The summed E-state index contributed by atoms with van der Waals surface area (Å²) in [6.45, 7) is 2.07. The first-order valence-corrected chi connectivity index (χ1v) is 5.67. The zero-order valence-corrected chi connectivity index (χ0v) is 10.4. The fourth-order valence-electron chi connectivity index (χ4n) is 1.89. The maximum absolute atomic E-state index is 8.06. The van der Waals surface area contributed by atoms with Crippen LogP contribution in [0.25, 0.3) is 10.4 Å². The fourth-order valence-corrected chi connectivity index (χ4v) is 1.89. The standard InChI is InChI=1S/C10H20N4O.ClH/c11-10-4-2-9(3-5-10)8-15-7-1-6-13-14-12;/h9-10H,1-8,11H2;1H. The maximum atomic E-state index is 8.06. The molecule has 1 aliphatic carbocycles. The summed E-state index contributed by atoms with van der Waals surface area (Å²) in [6, 6.07) is 0.409. The molecular weight excluding hydrogens is 228 g/mol. The van der Waals surface area contributed by atoms with Crippen LogP contribution >= 0.6 is 12.4 Å². The molecule has 1 saturated carbocycles. The number of rotatable bonds is 6. The maximum Gasteiger partial charge on any atom is 0.0494 e. The number of nitrogens with zero attached hydrogens (tertiary/aromatic N) is 3. The summed E-state index contributed by atoms with van der Waals surface area (Å²) in [5.41, 5.74) is 13.9. The SMILES string of the molecule is Cl.[N-]=[N+]=NCCCOCC1CCC(N)CC1. The van der Waals surface area contributed by atoms with Crippen molar-refractivity contribution in [3.05, 3.63) is 10.4 Å². The van der Waals surface area contributed by atoms with Gasteiger partial charge in [0, 0.05) is 30.7 Å². The zero-order chi connectivity index (χ0) is 10.9. The van der Waals surface area contributed by atoms with Crippen molar-refractivity contribution in [1.82, 2.24) is 0 Å². The van der Waals surface area contributed by atoms with Gasteiger partial charge in [0.25, 0.3) is 0 Å². The number of hydrogen-bond donors (Lipinski definition) is 1. The van der Waals surface area contributed by atoms with Crippen LogP contribution in [0.1, 0.15) is 32.1 Å². The van der Waals surface area contributed by atoms with Crippen LogP contribution in [-0.2, 0) is 4.74 Å². The van der Waals surface area contributed by atoms with E-state index in [-0.39, 0.29) is 12.4 Å². The lowest BCUT2D eigenvalue weighted by atomic mass is 9.87. The Morgan fingerprint density at radius 1 is 1.31 bits per heavy atom. The Balaban J connectivity index is 0.00000225. The highest BCUT2D eigenvalue weighted by atomic mass is 35.5. The van der Waals surface area contributed by atoms with E-state index in [4.69, 9.17) is 16.0 Å². The van der Waals surface area contributed by atoms with Gasteiger partial charge in [-0.1, -0.05) is 5.11 Å². The molecule has 0 aromatic carbocycles. The van der Waals surface area contributed by atoms with E-state index in [1.54, 1.807) is 0 Å².